The van der Waals surface area contributed by atoms with E-state index in [2.05, 4.69) is 20.9 Å². The molecule has 2 aromatic heterocycles. The van der Waals surface area contributed by atoms with Gasteiger partial charge < -0.3 is 4.57 Å². The van der Waals surface area contributed by atoms with E-state index >= 15 is 0 Å². The van der Waals surface area contributed by atoms with Gasteiger partial charge in [0.2, 0.25) is 0 Å². The van der Waals surface area contributed by atoms with E-state index in [0.717, 1.165) is 23.8 Å². The third-order valence-corrected chi connectivity index (χ3v) is 3.72. The summed E-state index contributed by atoms with van der Waals surface area (Å²) in [5.41, 5.74) is 1.89. The monoisotopic (exact) mass is 338 g/mol. The third-order valence-electron chi connectivity index (χ3n) is 2.91. The first-order valence-electron chi connectivity index (χ1n) is 6.90. The van der Waals surface area contributed by atoms with Gasteiger partial charge in [-0.25, -0.2) is 13.8 Å². The minimum Gasteiger partial charge on any atom is -0.342 e. The minimum atomic E-state index is -2.10. The fourth-order valence-electron chi connectivity index (χ4n) is 1.99. The van der Waals surface area contributed by atoms with Gasteiger partial charge in [-0.15, -0.1) is 0 Å². The molecule has 0 amide bonds. The van der Waals surface area contributed by atoms with Crippen LogP contribution in [0.5, 0.6) is 0 Å². The van der Waals surface area contributed by atoms with Crippen molar-refractivity contribution in [2.45, 2.75) is 13.4 Å². The second-order valence-corrected chi connectivity index (χ2v) is 5.21. The van der Waals surface area contributed by atoms with Crippen LogP contribution in [-0.4, -0.2) is 9.55 Å². The van der Waals surface area contributed by atoms with Crippen molar-refractivity contribution in [3.05, 3.63) is 63.9 Å². The van der Waals surface area contributed by atoms with Gasteiger partial charge in [-0.05, 0) is 58.2 Å². The number of fused-ring (bicyclic) bond motifs is 1. The molecule has 0 aliphatic rings. The van der Waals surface area contributed by atoms with Crippen LogP contribution in [-0.2, 0) is 6.50 Å². The van der Waals surface area contributed by atoms with Gasteiger partial charge in [-0.3, -0.25) is 0 Å². The average molecular weight is 339 g/mol. The highest BCUT2D eigenvalue weighted by molar-refractivity contribution is 9.10. The number of nitrogens with zero attached hydrogens (tertiary/aromatic N) is 2. The van der Waals surface area contributed by atoms with Crippen molar-refractivity contribution in [1.29, 1.82) is 0 Å². The van der Waals surface area contributed by atoms with E-state index in [1.807, 2.05) is 6.92 Å². The van der Waals surface area contributed by atoms with Crippen molar-refractivity contribution in [2.75, 3.05) is 0 Å². The summed E-state index contributed by atoms with van der Waals surface area (Å²) in [6, 6.07) is 6.14. The summed E-state index contributed by atoms with van der Waals surface area (Å²) >= 11 is 3.33. The van der Waals surface area contributed by atoms with Crippen LogP contribution in [0.2, 0.25) is 0 Å². The normalized spacial score (nSPS) is 13.4. The largest absolute Gasteiger partial charge is 0.342 e. The van der Waals surface area contributed by atoms with Crippen molar-refractivity contribution in [2.24, 2.45) is 0 Å². The molecule has 3 aromatic rings. The topological polar surface area (TPSA) is 17.8 Å². The lowest BCUT2D eigenvalue weighted by molar-refractivity contribution is 0.578. The maximum absolute atomic E-state index is 13.4. The highest BCUT2D eigenvalue weighted by Crippen LogP contribution is 2.22. The Balaban J connectivity index is 2.22. The Morgan fingerprint density at radius 3 is 2.65 bits per heavy atom. The molecule has 0 saturated heterocycles. The van der Waals surface area contributed by atoms with E-state index in [4.69, 9.17) is 2.74 Å². The molecule has 0 spiro atoms. The lowest BCUT2D eigenvalue weighted by Gasteiger charge is -2.07. The zero-order valence-electron chi connectivity index (χ0n) is 12.5. The number of benzene rings is 1. The molecular weight excluding hydrogens is 326 g/mol. The number of aromatic nitrogens is 2. The molecule has 3 rings (SSSR count). The number of rotatable bonds is 2. The Morgan fingerprint density at radius 2 is 1.95 bits per heavy atom. The molecule has 2 nitrogen and oxygen atoms in total. The molecule has 0 N–H and O–H groups in total. The molecule has 0 bridgehead atoms. The van der Waals surface area contributed by atoms with Crippen LogP contribution < -0.4 is 0 Å². The highest BCUT2D eigenvalue weighted by atomic mass is 79.9. The Morgan fingerprint density at radius 1 is 1.25 bits per heavy atom. The standard InChI is InChI=1S/C15H11BrF2N2/c1-9-4-14-13(19-15(9)16)2-3-20(14)8-10-5-11(17)7-12(18)6-10/h2-7H,8H2,1H3/i8D2. The molecule has 0 aliphatic carbocycles. The maximum Gasteiger partial charge on any atom is 0.126 e. The van der Waals surface area contributed by atoms with Crippen molar-refractivity contribution >= 4 is 27.0 Å². The van der Waals surface area contributed by atoms with Crippen LogP contribution >= 0.6 is 15.9 Å². The van der Waals surface area contributed by atoms with E-state index in [-0.39, 0.29) is 5.56 Å². The quantitative estimate of drug-likeness (QED) is 0.632. The van der Waals surface area contributed by atoms with Crippen LogP contribution in [0.1, 0.15) is 13.9 Å². The summed E-state index contributed by atoms with van der Waals surface area (Å²) in [6.07, 6.45) is 1.52. The highest BCUT2D eigenvalue weighted by Gasteiger charge is 2.07. The second-order valence-electron chi connectivity index (χ2n) is 4.46. The van der Waals surface area contributed by atoms with E-state index in [1.165, 1.54) is 10.8 Å². The first kappa shape index (κ1) is 11.0. The van der Waals surface area contributed by atoms with Gasteiger partial charge in [0.25, 0.3) is 0 Å². The number of pyridine rings is 1. The first-order chi connectivity index (χ1) is 10.3. The summed E-state index contributed by atoms with van der Waals surface area (Å²) < 4.78 is 45.4. The van der Waals surface area contributed by atoms with Crippen LogP contribution in [0.25, 0.3) is 11.0 Å². The fraction of sp³-hybridized carbons (Fsp3) is 0.133. The lowest BCUT2D eigenvalue weighted by Crippen LogP contribution is -2.00. The van der Waals surface area contributed by atoms with Gasteiger partial charge in [0.05, 0.1) is 13.8 Å². The maximum atomic E-state index is 13.4. The van der Waals surface area contributed by atoms with Crippen molar-refractivity contribution in [1.82, 2.24) is 9.55 Å². The fourth-order valence-corrected chi connectivity index (χ4v) is 2.29. The molecule has 0 aliphatic heterocycles. The molecule has 0 atom stereocenters. The Hall–Kier alpha value is -1.75. The molecule has 0 fully saturated rings. The van der Waals surface area contributed by atoms with Crippen molar-refractivity contribution in [3.63, 3.8) is 0 Å². The Labute approximate surface area is 126 Å². The molecule has 102 valence electrons. The summed E-state index contributed by atoms with van der Waals surface area (Å²) in [5, 5.41) is 0. The molecule has 0 saturated carbocycles. The van der Waals surface area contributed by atoms with Gasteiger partial charge in [-0.1, -0.05) is 0 Å². The molecule has 5 heteroatoms. The summed E-state index contributed by atoms with van der Waals surface area (Å²) in [6.45, 7) is -0.266. The second kappa shape index (κ2) is 4.98. The van der Waals surface area contributed by atoms with Crippen LogP contribution in [0.4, 0.5) is 8.78 Å². The molecular formula is C15H11BrF2N2. The number of hydrogen-bond donors (Lipinski definition) is 0. The van der Waals surface area contributed by atoms with Gasteiger partial charge in [-0.2, -0.15) is 0 Å². The predicted octanol–water partition coefficient (Wildman–Crippen LogP) is 4.43. The summed E-state index contributed by atoms with van der Waals surface area (Å²) in [7, 11) is 0. The van der Waals surface area contributed by atoms with Gasteiger partial charge >= 0.3 is 0 Å². The molecule has 0 radical (unpaired) electrons. The summed E-state index contributed by atoms with van der Waals surface area (Å²) in [5.74, 6) is -1.63. The number of aryl methyl sites for hydroxylation is 1. The Bertz CT molecular complexity index is 857. The Kier molecular flexibility index (Phi) is 2.73. The smallest absolute Gasteiger partial charge is 0.126 e. The lowest BCUT2D eigenvalue weighted by atomic mass is 10.2. The molecule has 1 aromatic carbocycles. The average Bonchev–Trinajstić information content (AvgIpc) is 2.81. The van der Waals surface area contributed by atoms with Gasteiger partial charge in [0.1, 0.15) is 16.2 Å². The summed E-state index contributed by atoms with van der Waals surface area (Å²) in [4.78, 5) is 4.32. The van der Waals surface area contributed by atoms with Crippen LogP contribution in [0.3, 0.4) is 0 Å². The zero-order chi connectivity index (χ0) is 16.1. The van der Waals surface area contributed by atoms with E-state index < -0.39 is 18.1 Å². The SMILES string of the molecule is [2H]C([2H])(c1cc(F)cc(F)c1)n1ccc2nc(Br)c(C)cc21. The van der Waals surface area contributed by atoms with Crippen LogP contribution in [0.15, 0.2) is 41.1 Å². The van der Waals surface area contributed by atoms with E-state index in [1.54, 1.807) is 12.1 Å². The molecule has 20 heavy (non-hydrogen) atoms. The predicted molar refractivity (Wildman–Crippen MR) is 77.6 cm³/mol. The zero-order valence-corrected chi connectivity index (χ0v) is 12.1. The van der Waals surface area contributed by atoms with E-state index in [0.29, 0.717) is 15.6 Å². The third kappa shape index (κ3) is 2.45. The first-order valence-corrected chi connectivity index (χ1v) is 6.69. The van der Waals surface area contributed by atoms with E-state index in [9.17, 15) is 8.78 Å². The van der Waals surface area contributed by atoms with Gasteiger partial charge in [0.15, 0.2) is 0 Å². The van der Waals surface area contributed by atoms with Crippen LogP contribution in [0, 0.1) is 18.6 Å². The molecule has 2 heterocycles. The van der Waals surface area contributed by atoms with Crippen molar-refractivity contribution in [3.8, 4) is 0 Å². The number of halogens is 3. The van der Waals surface area contributed by atoms with Crippen molar-refractivity contribution < 1.29 is 11.5 Å². The van der Waals surface area contributed by atoms with Gasteiger partial charge in [0, 0.05) is 18.8 Å². The number of hydrogen-bond acceptors (Lipinski definition) is 1. The molecule has 0 unspecified atom stereocenters. The minimum absolute atomic E-state index is 0.0944.